The molecule has 0 aliphatic carbocycles. The van der Waals surface area contributed by atoms with Gasteiger partial charge in [0.15, 0.2) is 0 Å². The van der Waals surface area contributed by atoms with Crippen molar-refractivity contribution in [3.05, 3.63) is 78.0 Å². The molecule has 0 aliphatic heterocycles. The van der Waals surface area contributed by atoms with E-state index in [4.69, 9.17) is 0 Å². The lowest BCUT2D eigenvalue weighted by atomic mass is 10.1. The number of para-hydroxylation sites is 1. The van der Waals surface area contributed by atoms with Gasteiger partial charge in [-0.1, -0.05) is 54.6 Å². The lowest BCUT2D eigenvalue weighted by Crippen LogP contribution is -2.38. The molecule has 2 amide bonds. The van der Waals surface area contributed by atoms with Gasteiger partial charge in [-0.05, 0) is 17.7 Å². The van der Waals surface area contributed by atoms with E-state index < -0.39 is 0 Å². The Labute approximate surface area is 152 Å². The molecule has 0 saturated heterocycles. The van der Waals surface area contributed by atoms with Crippen LogP contribution in [-0.4, -0.2) is 34.8 Å². The number of benzene rings is 2. The number of rotatable bonds is 6. The van der Waals surface area contributed by atoms with Gasteiger partial charge in [0.1, 0.15) is 5.69 Å². The fraction of sp³-hybridized carbons (Fsp3) is 0.190. The highest BCUT2D eigenvalue weighted by Gasteiger charge is 2.18. The summed E-state index contributed by atoms with van der Waals surface area (Å²) in [5.41, 5.74) is 2.23. The lowest BCUT2D eigenvalue weighted by molar-refractivity contribution is -0.119. The molecule has 0 aliphatic rings. The zero-order chi connectivity index (χ0) is 18.4. The van der Waals surface area contributed by atoms with Crippen LogP contribution in [0.25, 0.3) is 10.9 Å². The number of nitrogens with one attached hydrogen (secondary N) is 1. The molecule has 5 heteroatoms. The molecule has 1 heterocycles. The number of pyridine rings is 1. The van der Waals surface area contributed by atoms with Gasteiger partial charge in [-0.25, -0.2) is 4.98 Å². The van der Waals surface area contributed by atoms with Gasteiger partial charge in [-0.3, -0.25) is 9.59 Å². The number of hydrogen-bond donors (Lipinski definition) is 1. The summed E-state index contributed by atoms with van der Waals surface area (Å²) in [6, 6.07) is 21.2. The van der Waals surface area contributed by atoms with Crippen molar-refractivity contribution in [1.82, 2.24) is 15.2 Å². The third-order valence-electron chi connectivity index (χ3n) is 4.08. The van der Waals surface area contributed by atoms with Crippen molar-refractivity contribution in [3.63, 3.8) is 0 Å². The van der Waals surface area contributed by atoms with Crippen LogP contribution >= 0.6 is 0 Å². The summed E-state index contributed by atoms with van der Waals surface area (Å²) in [6.45, 7) is 2.76. The first kappa shape index (κ1) is 17.6. The predicted molar refractivity (Wildman–Crippen MR) is 102 cm³/mol. The Bertz CT molecular complexity index is 909. The fourth-order valence-corrected chi connectivity index (χ4v) is 2.77. The molecule has 1 N–H and O–H groups in total. The summed E-state index contributed by atoms with van der Waals surface area (Å²) in [7, 11) is 0. The van der Waals surface area contributed by atoms with Crippen LogP contribution in [0.5, 0.6) is 0 Å². The molecule has 26 heavy (non-hydrogen) atoms. The number of fused-ring (bicyclic) bond motifs is 1. The maximum Gasteiger partial charge on any atom is 0.272 e. The first-order valence-corrected chi connectivity index (χ1v) is 8.57. The second-order valence-corrected chi connectivity index (χ2v) is 6.08. The van der Waals surface area contributed by atoms with Crippen LogP contribution in [0.1, 0.15) is 23.0 Å². The van der Waals surface area contributed by atoms with Crippen LogP contribution in [0, 0.1) is 0 Å². The van der Waals surface area contributed by atoms with Gasteiger partial charge < -0.3 is 10.2 Å². The first-order valence-electron chi connectivity index (χ1n) is 8.57. The quantitative estimate of drug-likeness (QED) is 0.745. The fourth-order valence-electron chi connectivity index (χ4n) is 2.77. The van der Waals surface area contributed by atoms with Crippen LogP contribution in [0.15, 0.2) is 66.7 Å². The third-order valence-corrected chi connectivity index (χ3v) is 4.08. The van der Waals surface area contributed by atoms with Crippen molar-refractivity contribution in [2.45, 2.75) is 13.5 Å². The SMILES string of the molecule is CC(=O)NCCN(Cc1ccccc1)C(=O)c1ccc2ccccc2n1. The summed E-state index contributed by atoms with van der Waals surface area (Å²) < 4.78 is 0. The summed E-state index contributed by atoms with van der Waals surface area (Å²) >= 11 is 0. The van der Waals surface area contributed by atoms with E-state index in [1.54, 1.807) is 11.0 Å². The van der Waals surface area contributed by atoms with Crippen LogP contribution in [0.3, 0.4) is 0 Å². The predicted octanol–water partition coefficient (Wildman–Crippen LogP) is 3.01. The van der Waals surface area contributed by atoms with E-state index in [1.165, 1.54) is 6.92 Å². The average molecular weight is 347 g/mol. The second kappa shape index (κ2) is 8.25. The number of amides is 2. The van der Waals surface area contributed by atoms with Gasteiger partial charge in [0, 0.05) is 31.9 Å². The Morgan fingerprint density at radius 1 is 0.962 bits per heavy atom. The molecule has 0 saturated carbocycles. The number of carbonyl (C=O) groups excluding carboxylic acids is 2. The van der Waals surface area contributed by atoms with Crippen molar-refractivity contribution in [2.24, 2.45) is 0 Å². The highest BCUT2D eigenvalue weighted by Crippen LogP contribution is 2.14. The molecule has 0 bridgehead atoms. The highest BCUT2D eigenvalue weighted by atomic mass is 16.2. The molecule has 0 atom stereocenters. The Hall–Kier alpha value is -3.21. The number of carbonyl (C=O) groups is 2. The van der Waals surface area contributed by atoms with E-state index in [0.29, 0.717) is 25.3 Å². The second-order valence-electron chi connectivity index (χ2n) is 6.08. The Balaban J connectivity index is 1.82. The first-order chi connectivity index (χ1) is 12.6. The van der Waals surface area contributed by atoms with Crippen molar-refractivity contribution in [3.8, 4) is 0 Å². The normalized spacial score (nSPS) is 10.5. The monoisotopic (exact) mass is 347 g/mol. The summed E-state index contributed by atoms with van der Waals surface area (Å²) in [6.07, 6.45) is 0. The van der Waals surface area contributed by atoms with E-state index in [9.17, 15) is 9.59 Å². The number of nitrogens with zero attached hydrogens (tertiary/aromatic N) is 2. The molecule has 5 nitrogen and oxygen atoms in total. The maximum absolute atomic E-state index is 13.0. The van der Waals surface area contributed by atoms with Crippen LogP contribution in [0.4, 0.5) is 0 Å². The van der Waals surface area contributed by atoms with Crippen LogP contribution in [-0.2, 0) is 11.3 Å². The van der Waals surface area contributed by atoms with E-state index in [0.717, 1.165) is 16.5 Å². The Morgan fingerprint density at radius 3 is 2.46 bits per heavy atom. The molecule has 0 spiro atoms. The molecule has 0 unspecified atom stereocenters. The van der Waals surface area contributed by atoms with Crippen LogP contribution in [0.2, 0.25) is 0 Å². The lowest BCUT2D eigenvalue weighted by Gasteiger charge is -2.23. The molecular weight excluding hydrogens is 326 g/mol. The molecule has 2 aromatic carbocycles. The zero-order valence-electron chi connectivity index (χ0n) is 14.7. The average Bonchev–Trinajstić information content (AvgIpc) is 2.67. The van der Waals surface area contributed by atoms with Crippen molar-refractivity contribution < 1.29 is 9.59 Å². The highest BCUT2D eigenvalue weighted by molar-refractivity contribution is 5.95. The van der Waals surface area contributed by atoms with E-state index in [2.05, 4.69) is 10.3 Å². The minimum atomic E-state index is -0.148. The van der Waals surface area contributed by atoms with E-state index >= 15 is 0 Å². The van der Waals surface area contributed by atoms with Gasteiger partial charge in [0.25, 0.3) is 5.91 Å². The van der Waals surface area contributed by atoms with Crippen molar-refractivity contribution in [2.75, 3.05) is 13.1 Å². The molecule has 0 radical (unpaired) electrons. The summed E-state index contributed by atoms with van der Waals surface area (Å²) in [5, 5.41) is 3.74. The van der Waals surface area contributed by atoms with Gasteiger partial charge in [0.2, 0.25) is 5.91 Å². The molecule has 3 rings (SSSR count). The van der Waals surface area contributed by atoms with Gasteiger partial charge in [-0.15, -0.1) is 0 Å². The van der Waals surface area contributed by atoms with Gasteiger partial charge >= 0.3 is 0 Å². The number of hydrogen-bond acceptors (Lipinski definition) is 3. The Morgan fingerprint density at radius 2 is 1.69 bits per heavy atom. The van der Waals surface area contributed by atoms with E-state index in [-0.39, 0.29) is 11.8 Å². The minimum Gasteiger partial charge on any atom is -0.355 e. The standard InChI is InChI=1S/C21H21N3O2/c1-16(25)22-13-14-24(15-17-7-3-2-4-8-17)21(26)20-12-11-18-9-5-6-10-19(18)23-20/h2-12H,13-15H2,1H3,(H,22,25). The smallest absolute Gasteiger partial charge is 0.272 e. The Kier molecular flexibility index (Phi) is 5.59. The number of aromatic nitrogens is 1. The largest absolute Gasteiger partial charge is 0.355 e. The van der Waals surface area contributed by atoms with E-state index in [1.807, 2.05) is 60.7 Å². The topological polar surface area (TPSA) is 62.3 Å². The molecule has 0 fully saturated rings. The van der Waals surface area contributed by atoms with Crippen molar-refractivity contribution >= 4 is 22.7 Å². The molecule has 3 aromatic rings. The zero-order valence-corrected chi connectivity index (χ0v) is 14.7. The van der Waals surface area contributed by atoms with Gasteiger partial charge in [0.05, 0.1) is 5.52 Å². The minimum absolute atomic E-state index is 0.110. The van der Waals surface area contributed by atoms with Crippen molar-refractivity contribution in [1.29, 1.82) is 0 Å². The molecule has 132 valence electrons. The van der Waals surface area contributed by atoms with Crippen LogP contribution < -0.4 is 5.32 Å². The molecule has 1 aromatic heterocycles. The summed E-state index contributed by atoms with van der Waals surface area (Å²) in [5.74, 6) is -0.258. The third kappa shape index (κ3) is 4.45. The molecular formula is C21H21N3O2. The maximum atomic E-state index is 13.0. The van der Waals surface area contributed by atoms with Gasteiger partial charge in [-0.2, -0.15) is 0 Å². The summed E-state index contributed by atoms with van der Waals surface area (Å²) in [4.78, 5) is 30.4.